The summed E-state index contributed by atoms with van der Waals surface area (Å²) in [5, 5.41) is 11.3. The van der Waals surface area contributed by atoms with E-state index < -0.39 is 5.97 Å². The van der Waals surface area contributed by atoms with Gasteiger partial charge in [0.2, 0.25) is 0 Å². The molecule has 0 aromatic rings. The average Bonchev–Trinajstić information content (AvgIpc) is 1.89. The normalized spacial score (nSPS) is 11.8. The zero-order valence-electron chi connectivity index (χ0n) is 6.26. The van der Waals surface area contributed by atoms with Crippen LogP contribution in [-0.4, -0.2) is 73.9 Å². The first-order chi connectivity index (χ1) is 4.72. The Morgan fingerprint density at radius 1 is 1.73 bits per heavy atom. The fourth-order valence-electron chi connectivity index (χ4n) is 0.627. The number of carbonyl (C=O) groups is 1. The third-order valence-electron chi connectivity index (χ3n) is 1.26. The van der Waals surface area contributed by atoms with Gasteiger partial charge < -0.3 is 10.4 Å². The number of carboxylic acid groups (broad SMARTS) is 1. The minimum absolute atomic E-state index is 0. The molecule has 0 aliphatic rings. The van der Waals surface area contributed by atoms with Crippen molar-refractivity contribution in [2.24, 2.45) is 0 Å². The molecule has 0 bridgehead atoms. The molecule has 0 aromatic carbocycles. The number of rotatable bonds is 5. The quantitative estimate of drug-likeness (QED) is 0.594. The summed E-state index contributed by atoms with van der Waals surface area (Å²) in [5.41, 5.74) is 0. The van der Waals surface area contributed by atoms with Crippen LogP contribution in [0.3, 0.4) is 0 Å². The topological polar surface area (TPSA) is 49.3 Å². The van der Waals surface area contributed by atoms with E-state index in [1.807, 2.05) is 6.26 Å². The average molecular weight is 205 g/mol. The molecule has 1 unspecified atom stereocenters. The fourth-order valence-corrected chi connectivity index (χ4v) is 1.10. The summed E-state index contributed by atoms with van der Waals surface area (Å²) in [4.78, 5) is 10.4. The number of likely N-dealkylation sites (N-methyl/N-ethyl adjacent to an activating group) is 1. The molecule has 11 heavy (non-hydrogen) atoms. The van der Waals surface area contributed by atoms with E-state index in [1.165, 1.54) is 0 Å². The van der Waals surface area contributed by atoms with Crippen LogP contribution in [0.4, 0.5) is 0 Å². The van der Waals surface area contributed by atoms with Crippen LogP contribution < -0.4 is 5.32 Å². The Morgan fingerprint density at radius 2 is 2.27 bits per heavy atom. The molecule has 5 heteroatoms. The van der Waals surface area contributed by atoms with Gasteiger partial charge in [0.15, 0.2) is 0 Å². The summed E-state index contributed by atoms with van der Waals surface area (Å²) >= 11 is 1.66. The summed E-state index contributed by atoms with van der Waals surface area (Å²) in [6.45, 7) is 0. The van der Waals surface area contributed by atoms with Gasteiger partial charge in [-0.15, -0.1) is 0 Å². The van der Waals surface area contributed by atoms with Crippen LogP contribution in [0.15, 0.2) is 0 Å². The van der Waals surface area contributed by atoms with E-state index in [9.17, 15) is 4.79 Å². The minimum atomic E-state index is -0.767. The van der Waals surface area contributed by atoms with Crippen LogP contribution in [0.25, 0.3) is 0 Å². The summed E-state index contributed by atoms with van der Waals surface area (Å²) < 4.78 is 0. The zero-order chi connectivity index (χ0) is 7.98. The first kappa shape index (κ1) is 14.6. The van der Waals surface area contributed by atoms with Crippen LogP contribution in [0, 0.1) is 0 Å². The van der Waals surface area contributed by atoms with Crippen molar-refractivity contribution in [3.05, 3.63) is 0 Å². The van der Waals surface area contributed by atoms with Crippen molar-refractivity contribution in [2.75, 3.05) is 19.1 Å². The van der Waals surface area contributed by atoms with Crippen molar-refractivity contribution >= 4 is 55.5 Å². The molecular weight excluding hydrogens is 190 g/mol. The molecule has 0 saturated heterocycles. The zero-order valence-corrected chi connectivity index (χ0v) is 7.07. The molecule has 2 N–H and O–H groups in total. The number of carboxylic acids is 1. The molecule has 0 aliphatic carbocycles. The van der Waals surface area contributed by atoms with E-state index in [2.05, 4.69) is 5.32 Å². The Bertz CT molecular complexity index is 113. The van der Waals surface area contributed by atoms with Gasteiger partial charge in [0, 0.05) is 0 Å². The second kappa shape index (κ2) is 9.13. The van der Waals surface area contributed by atoms with Gasteiger partial charge in [-0.2, -0.15) is 11.8 Å². The van der Waals surface area contributed by atoms with Crippen molar-refractivity contribution in [1.82, 2.24) is 5.32 Å². The molecule has 0 radical (unpaired) electrons. The number of hydrogen-bond acceptors (Lipinski definition) is 3. The van der Waals surface area contributed by atoms with Crippen molar-refractivity contribution in [3.8, 4) is 0 Å². The number of hydrogen-bond donors (Lipinski definition) is 2. The van der Waals surface area contributed by atoms with Crippen LogP contribution in [0.2, 0.25) is 0 Å². The molecule has 0 fully saturated rings. The predicted octanol–water partition coefficient (Wildman–Crippen LogP) is -0.504. The standard InChI is InChI=1S/C6H13NO2S.Ca.2H/c1-7-5(6(8)9)3-4-10-2;;;/h5,7H,3-4H2,1-2H3,(H,8,9);;;. The second-order valence-electron chi connectivity index (χ2n) is 1.96. The summed E-state index contributed by atoms with van der Waals surface area (Å²) in [6.07, 6.45) is 2.65. The maximum atomic E-state index is 10.4. The summed E-state index contributed by atoms with van der Waals surface area (Å²) in [5.74, 6) is 0.120. The molecular formula is C6H15CaNO2S. The van der Waals surface area contributed by atoms with E-state index >= 15 is 0 Å². The third kappa shape index (κ3) is 7.40. The van der Waals surface area contributed by atoms with Gasteiger partial charge in [0.1, 0.15) is 6.04 Å². The Hall–Kier alpha value is 1.04. The summed E-state index contributed by atoms with van der Waals surface area (Å²) in [7, 11) is 1.67. The van der Waals surface area contributed by atoms with Crippen LogP contribution in [-0.2, 0) is 4.79 Å². The first-order valence-corrected chi connectivity index (χ1v) is 4.50. The van der Waals surface area contributed by atoms with Crippen molar-refractivity contribution < 1.29 is 9.90 Å². The molecule has 0 heterocycles. The Kier molecular flexibility index (Phi) is 12.1. The Labute approximate surface area is 101 Å². The predicted molar refractivity (Wildman–Crippen MR) is 52.0 cm³/mol. The fraction of sp³-hybridized carbons (Fsp3) is 0.833. The van der Waals surface area contributed by atoms with Crippen LogP contribution >= 0.6 is 11.8 Å². The molecule has 0 amide bonds. The van der Waals surface area contributed by atoms with Crippen LogP contribution in [0.1, 0.15) is 6.42 Å². The van der Waals surface area contributed by atoms with Gasteiger partial charge in [-0.1, -0.05) is 0 Å². The molecule has 1 atom stereocenters. The molecule has 0 spiro atoms. The number of aliphatic carboxylic acids is 1. The SMILES string of the molecule is CNC(CCSC)C(=O)O.[CaH2]. The van der Waals surface area contributed by atoms with E-state index in [1.54, 1.807) is 18.8 Å². The van der Waals surface area contributed by atoms with E-state index in [0.29, 0.717) is 6.42 Å². The van der Waals surface area contributed by atoms with E-state index in [4.69, 9.17) is 5.11 Å². The van der Waals surface area contributed by atoms with E-state index in [-0.39, 0.29) is 43.8 Å². The van der Waals surface area contributed by atoms with Crippen molar-refractivity contribution in [1.29, 1.82) is 0 Å². The maximum absolute atomic E-state index is 10.4. The second-order valence-corrected chi connectivity index (χ2v) is 2.95. The van der Waals surface area contributed by atoms with Crippen LogP contribution in [0.5, 0.6) is 0 Å². The molecule has 0 rings (SSSR count). The first-order valence-electron chi connectivity index (χ1n) is 3.11. The van der Waals surface area contributed by atoms with Gasteiger partial charge in [-0.3, -0.25) is 4.79 Å². The molecule has 0 aliphatic heterocycles. The Balaban J connectivity index is 0. The van der Waals surface area contributed by atoms with Gasteiger partial charge >= 0.3 is 43.7 Å². The molecule has 64 valence electrons. The molecule has 3 nitrogen and oxygen atoms in total. The van der Waals surface area contributed by atoms with Gasteiger partial charge in [0.05, 0.1) is 0 Å². The number of thioether (sulfide) groups is 1. The monoisotopic (exact) mass is 205 g/mol. The van der Waals surface area contributed by atoms with Crippen molar-refractivity contribution in [3.63, 3.8) is 0 Å². The van der Waals surface area contributed by atoms with Gasteiger partial charge in [-0.25, -0.2) is 0 Å². The molecule has 0 aromatic heterocycles. The van der Waals surface area contributed by atoms with E-state index in [0.717, 1.165) is 5.75 Å². The molecule has 0 saturated carbocycles. The van der Waals surface area contributed by atoms with Gasteiger partial charge in [-0.05, 0) is 25.5 Å². The Morgan fingerprint density at radius 3 is 2.55 bits per heavy atom. The van der Waals surface area contributed by atoms with Crippen molar-refractivity contribution in [2.45, 2.75) is 12.5 Å². The van der Waals surface area contributed by atoms with Gasteiger partial charge in [0.25, 0.3) is 0 Å². The third-order valence-corrected chi connectivity index (χ3v) is 1.90. The number of nitrogens with one attached hydrogen (secondary N) is 1. The summed E-state index contributed by atoms with van der Waals surface area (Å²) in [6, 6.07) is -0.382.